The summed E-state index contributed by atoms with van der Waals surface area (Å²) in [5.74, 6) is 1.18. The van der Waals surface area contributed by atoms with Gasteiger partial charge in [-0.05, 0) is 0 Å². The summed E-state index contributed by atoms with van der Waals surface area (Å²) < 4.78 is 9.59. The van der Waals surface area contributed by atoms with Crippen molar-refractivity contribution in [3.05, 3.63) is 35.7 Å². The fraction of sp³-hybridized carbons (Fsp3) is 0.625. The van der Waals surface area contributed by atoms with Gasteiger partial charge >= 0.3 is 0 Å². The van der Waals surface area contributed by atoms with Crippen LogP contribution in [0.4, 0.5) is 0 Å². The highest BCUT2D eigenvalue weighted by molar-refractivity contribution is 5.08. The van der Waals surface area contributed by atoms with Crippen LogP contribution in [0.2, 0.25) is 0 Å². The van der Waals surface area contributed by atoms with Gasteiger partial charge in [0.15, 0.2) is 0 Å². The van der Waals surface area contributed by atoms with Crippen molar-refractivity contribution >= 4 is 0 Å². The van der Waals surface area contributed by atoms with Crippen LogP contribution in [0.3, 0.4) is 0 Å². The molecule has 2 aliphatic heterocycles. The van der Waals surface area contributed by atoms with E-state index in [2.05, 4.69) is 31.9 Å². The average Bonchev–Trinajstić information content (AvgIpc) is 3.13. The number of aryl methyl sites for hydroxylation is 1. The molecule has 7 nitrogen and oxygen atoms in total. The highest BCUT2D eigenvalue weighted by Gasteiger charge is 2.20. The Bertz CT molecular complexity index is 657. The van der Waals surface area contributed by atoms with Crippen molar-refractivity contribution in [1.82, 2.24) is 29.1 Å². The highest BCUT2D eigenvalue weighted by atomic mass is 16.5. The first-order valence-corrected chi connectivity index (χ1v) is 8.31. The number of hydrogen-bond donors (Lipinski definition) is 0. The van der Waals surface area contributed by atoms with E-state index in [0.29, 0.717) is 0 Å². The topological polar surface area (TPSA) is 51.4 Å². The van der Waals surface area contributed by atoms with E-state index in [1.54, 1.807) is 0 Å². The van der Waals surface area contributed by atoms with Crippen LogP contribution >= 0.6 is 0 Å². The molecule has 0 amide bonds. The number of ether oxygens (including phenoxy) is 1. The van der Waals surface area contributed by atoms with Crippen LogP contribution in [-0.2, 0) is 38.0 Å². The molecule has 2 aromatic heterocycles. The van der Waals surface area contributed by atoms with Crippen molar-refractivity contribution < 1.29 is 4.74 Å². The van der Waals surface area contributed by atoms with Gasteiger partial charge in [-0.25, -0.2) is 4.98 Å². The first-order valence-electron chi connectivity index (χ1n) is 8.31. The molecule has 0 unspecified atom stereocenters. The fourth-order valence-corrected chi connectivity index (χ4v) is 3.37. The maximum atomic E-state index is 5.41. The number of nitrogens with zero attached hydrogens (tertiary/aromatic N) is 6. The second kappa shape index (κ2) is 6.43. The molecular weight excluding hydrogens is 292 g/mol. The van der Waals surface area contributed by atoms with Gasteiger partial charge in [0.1, 0.15) is 5.82 Å². The molecule has 2 aromatic rings. The number of fused-ring (bicyclic) bond motifs is 1. The third-order valence-electron chi connectivity index (χ3n) is 4.59. The van der Waals surface area contributed by atoms with Gasteiger partial charge in [0.2, 0.25) is 0 Å². The fourth-order valence-electron chi connectivity index (χ4n) is 3.37. The number of imidazole rings is 1. The standard InChI is InChI=1S/C16H24N6O/c1-19-9-14(8-17-19)10-21-2-3-22-12-15(18-16(22)13-21)11-20-4-6-23-7-5-20/h8-9,12H,2-7,10-11,13H2,1H3. The van der Waals surface area contributed by atoms with Crippen molar-refractivity contribution in [2.75, 3.05) is 32.8 Å². The number of hydrogen-bond acceptors (Lipinski definition) is 5. The Morgan fingerprint density at radius 1 is 1.04 bits per heavy atom. The Labute approximate surface area is 136 Å². The first kappa shape index (κ1) is 14.9. The Morgan fingerprint density at radius 3 is 2.70 bits per heavy atom. The van der Waals surface area contributed by atoms with Crippen LogP contribution in [0.1, 0.15) is 17.1 Å². The summed E-state index contributed by atoms with van der Waals surface area (Å²) in [6, 6.07) is 0. The lowest BCUT2D eigenvalue weighted by atomic mass is 10.3. The third-order valence-corrected chi connectivity index (χ3v) is 4.59. The molecule has 4 heterocycles. The summed E-state index contributed by atoms with van der Waals surface area (Å²) in [5, 5.41) is 4.25. The molecule has 0 aliphatic carbocycles. The van der Waals surface area contributed by atoms with Crippen LogP contribution in [0.25, 0.3) is 0 Å². The van der Waals surface area contributed by atoms with Crippen LogP contribution < -0.4 is 0 Å². The Hall–Kier alpha value is -1.70. The highest BCUT2D eigenvalue weighted by Crippen LogP contribution is 2.16. The van der Waals surface area contributed by atoms with Gasteiger partial charge in [0.25, 0.3) is 0 Å². The molecule has 1 saturated heterocycles. The summed E-state index contributed by atoms with van der Waals surface area (Å²) in [4.78, 5) is 9.72. The predicted octanol–water partition coefficient (Wildman–Crippen LogP) is 0.465. The van der Waals surface area contributed by atoms with Crippen molar-refractivity contribution in [3.63, 3.8) is 0 Å². The molecule has 1 fully saturated rings. The summed E-state index contributed by atoms with van der Waals surface area (Å²) in [7, 11) is 1.96. The van der Waals surface area contributed by atoms with Gasteiger partial charge in [0.05, 0.1) is 31.6 Å². The maximum absolute atomic E-state index is 5.41. The van der Waals surface area contributed by atoms with E-state index in [1.165, 1.54) is 17.1 Å². The van der Waals surface area contributed by atoms with Crippen molar-refractivity contribution in [3.8, 4) is 0 Å². The molecule has 0 radical (unpaired) electrons. The van der Waals surface area contributed by atoms with E-state index >= 15 is 0 Å². The van der Waals surface area contributed by atoms with Crippen LogP contribution in [0.15, 0.2) is 18.6 Å². The van der Waals surface area contributed by atoms with Crippen molar-refractivity contribution in [1.29, 1.82) is 0 Å². The number of rotatable bonds is 4. The molecule has 0 bridgehead atoms. The SMILES string of the molecule is Cn1cc(CN2CCn3cc(CN4CCOCC4)nc3C2)cn1. The first-order chi connectivity index (χ1) is 11.3. The zero-order chi connectivity index (χ0) is 15.6. The number of morpholine rings is 1. The monoisotopic (exact) mass is 316 g/mol. The van der Waals surface area contributed by atoms with Gasteiger partial charge in [0, 0.05) is 64.3 Å². The molecule has 0 N–H and O–H groups in total. The van der Waals surface area contributed by atoms with Crippen LogP contribution in [-0.4, -0.2) is 62.0 Å². The Morgan fingerprint density at radius 2 is 1.91 bits per heavy atom. The third kappa shape index (κ3) is 3.46. The van der Waals surface area contributed by atoms with Crippen LogP contribution in [0.5, 0.6) is 0 Å². The second-order valence-corrected chi connectivity index (χ2v) is 6.46. The van der Waals surface area contributed by atoms with Crippen molar-refractivity contribution in [2.24, 2.45) is 7.05 Å². The minimum Gasteiger partial charge on any atom is -0.379 e. The molecule has 124 valence electrons. The molecule has 0 aromatic carbocycles. The smallest absolute Gasteiger partial charge is 0.123 e. The average molecular weight is 316 g/mol. The molecule has 0 saturated carbocycles. The molecule has 4 rings (SSSR count). The van der Waals surface area contributed by atoms with Gasteiger partial charge in [-0.15, -0.1) is 0 Å². The maximum Gasteiger partial charge on any atom is 0.123 e. The van der Waals surface area contributed by atoms with Gasteiger partial charge in [-0.3, -0.25) is 14.5 Å². The molecular formula is C16H24N6O. The second-order valence-electron chi connectivity index (χ2n) is 6.46. The van der Waals surface area contributed by atoms with E-state index in [9.17, 15) is 0 Å². The lowest BCUT2D eigenvalue weighted by Gasteiger charge is -2.26. The summed E-state index contributed by atoms with van der Waals surface area (Å²) in [6.07, 6.45) is 6.27. The minimum absolute atomic E-state index is 0.840. The van der Waals surface area contributed by atoms with Gasteiger partial charge in [-0.1, -0.05) is 0 Å². The molecule has 0 spiro atoms. The predicted molar refractivity (Wildman–Crippen MR) is 85.6 cm³/mol. The zero-order valence-corrected chi connectivity index (χ0v) is 13.7. The summed E-state index contributed by atoms with van der Waals surface area (Å²) >= 11 is 0. The van der Waals surface area contributed by atoms with Crippen LogP contribution in [0, 0.1) is 0 Å². The van der Waals surface area contributed by atoms with E-state index in [-0.39, 0.29) is 0 Å². The number of aromatic nitrogens is 4. The van der Waals surface area contributed by atoms with Crippen molar-refractivity contribution in [2.45, 2.75) is 26.2 Å². The summed E-state index contributed by atoms with van der Waals surface area (Å²) in [5.41, 5.74) is 2.45. The summed E-state index contributed by atoms with van der Waals surface area (Å²) in [6.45, 7) is 8.58. The quantitative estimate of drug-likeness (QED) is 0.820. The molecule has 2 aliphatic rings. The Balaban J connectivity index is 1.39. The van der Waals surface area contributed by atoms with E-state index in [0.717, 1.165) is 59.0 Å². The zero-order valence-electron chi connectivity index (χ0n) is 13.7. The largest absolute Gasteiger partial charge is 0.379 e. The lowest BCUT2D eigenvalue weighted by molar-refractivity contribution is 0.0337. The van der Waals surface area contributed by atoms with E-state index in [1.807, 2.05) is 17.9 Å². The minimum atomic E-state index is 0.840. The van der Waals surface area contributed by atoms with Gasteiger partial charge in [-0.2, -0.15) is 5.10 Å². The lowest BCUT2D eigenvalue weighted by Crippen LogP contribution is -2.35. The molecule has 7 heteroatoms. The van der Waals surface area contributed by atoms with E-state index in [4.69, 9.17) is 9.72 Å². The molecule has 0 atom stereocenters. The normalized spacial score (nSPS) is 19.9. The van der Waals surface area contributed by atoms with E-state index < -0.39 is 0 Å². The van der Waals surface area contributed by atoms with Gasteiger partial charge < -0.3 is 9.30 Å². The molecule has 23 heavy (non-hydrogen) atoms. The Kier molecular flexibility index (Phi) is 4.15.